The number of aromatic nitrogens is 3. The molecule has 0 saturated heterocycles. The second-order valence-corrected chi connectivity index (χ2v) is 4.75. The normalized spacial score (nSPS) is 10.5. The Morgan fingerprint density at radius 1 is 0.944 bits per heavy atom. The molecule has 0 aliphatic rings. The first kappa shape index (κ1) is 11.0. The van der Waals surface area contributed by atoms with Gasteiger partial charge in [0.2, 0.25) is 0 Å². The number of nitrogens with zero attached hydrogens (tertiary/aromatic N) is 3. The van der Waals surface area contributed by atoms with E-state index in [-0.39, 0.29) is 0 Å². The lowest BCUT2D eigenvalue weighted by Crippen LogP contribution is -1.89. The average Bonchev–Trinajstić information content (AvgIpc) is 2.89. The fourth-order valence-corrected chi connectivity index (χ4v) is 2.52. The van der Waals surface area contributed by atoms with Crippen LogP contribution in [-0.2, 0) is 0 Å². The third kappa shape index (κ3) is 2.15. The van der Waals surface area contributed by atoms with Gasteiger partial charge in [0.15, 0.2) is 0 Å². The molecule has 4 heteroatoms. The summed E-state index contributed by atoms with van der Waals surface area (Å²) in [5.74, 6) is 0.766. The zero-order valence-electron chi connectivity index (χ0n) is 9.87. The van der Waals surface area contributed by atoms with Crippen LogP contribution >= 0.6 is 11.3 Å². The highest BCUT2D eigenvalue weighted by Gasteiger charge is 2.07. The van der Waals surface area contributed by atoms with E-state index in [0.29, 0.717) is 0 Å². The minimum Gasteiger partial charge on any atom is -0.242 e. The Morgan fingerprint density at radius 3 is 2.56 bits per heavy atom. The molecule has 0 radical (unpaired) electrons. The number of hydrogen-bond acceptors (Lipinski definition) is 4. The smallest absolute Gasteiger partial charge is 0.125 e. The quantitative estimate of drug-likeness (QED) is 0.700. The van der Waals surface area contributed by atoms with E-state index in [0.717, 1.165) is 27.8 Å². The van der Waals surface area contributed by atoms with E-state index < -0.39 is 0 Å². The number of hydrogen-bond donors (Lipinski definition) is 0. The number of thiazole rings is 1. The average molecular weight is 253 g/mol. The summed E-state index contributed by atoms with van der Waals surface area (Å²) in [4.78, 5) is 13.1. The lowest BCUT2D eigenvalue weighted by atomic mass is 10.2. The topological polar surface area (TPSA) is 38.7 Å². The first-order valence-electron chi connectivity index (χ1n) is 5.64. The lowest BCUT2D eigenvalue weighted by Gasteiger charge is -1.97. The maximum atomic E-state index is 4.62. The van der Waals surface area contributed by atoms with Crippen molar-refractivity contribution in [1.29, 1.82) is 0 Å². The van der Waals surface area contributed by atoms with Crippen LogP contribution in [0.1, 0.15) is 5.82 Å². The van der Waals surface area contributed by atoms with Gasteiger partial charge in [0.1, 0.15) is 16.5 Å². The van der Waals surface area contributed by atoms with Gasteiger partial charge in [-0.1, -0.05) is 30.3 Å². The summed E-state index contributed by atoms with van der Waals surface area (Å²) in [6.07, 6.45) is 1.76. The molecule has 0 aliphatic carbocycles. The van der Waals surface area contributed by atoms with Crippen LogP contribution in [0.4, 0.5) is 0 Å². The molecular weight excluding hydrogens is 242 g/mol. The molecule has 0 aliphatic heterocycles. The minimum atomic E-state index is 0.766. The Hall–Kier alpha value is -2.07. The maximum absolute atomic E-state index is 4.62. The molecular formula is C14H11N3S. The van der Waals surface area contributed by atoms with Crippen LogP contribution in [-0.4, -0.2) is 15.0 Å². The van der Waals surface area contributed by atoms with E-state index in [1.807, 2.05) is 36.6 Å². The van der Waals surface area contributed by atoms with Gasteiger partial charge in [-0.25, -0.2) is 15.0 Å². The molecule has 0 bridgehead atoms. The summed E-state index contributed by atoms with van der Waals surface area (Å²) in [5.41, 5.74) is 2.92. The first-order chi connectivity index (χ1) is 8.83. The summed E-state index contributed by atoms with van der Waals surface area (Å²) in [5, 5.41) is 3.05. The molecule has 0 saturated carbocycles. The van der Waals surface area contributed by atoms with Crippen LogP contribution in [0.25, 0.3) is 22.0 Å². The Morgan fingerprint density at radius 2 is 1.78 bits per heavy atom. The van der Waals surface area contributed by atoms with Gasteiger partial charge in [-0.3, -0.25) is 0 Å². The van der Waals surface area contributed by atoms with Crippen molar-refractivity contribution in [3.63, 3.8) is 0 Å². The second kappa shape index (κ2) is 4.66. The number of benzene rings is 1. The zero-order chi connectivity index (χ0) is 12.4. The first-order valence-corrected chi connectivity index (χ1v) is 6.52. The number of aryl methyl sites for hydroxylation is 1. The predicted octanol–water partition coefficient (Wildman–Crippen LogP) is 3.58. The SMILES string of the molecule is Cc1nccc(-c2csc(-c3ccccc3)n2)n1. The van der Waals surface area contributed by atoms with Gasteiger partial charge in [-0.05, 0) is 13.0 Å². The third-order valence-electron chi connectivity index (χ3n) is 2.56. The summed E-state index contributed by atoms with van der Waals surface area (Å²) < 4.78 is 0. The fraction of sp³-hybridized carbons (Fsp3) is 0.0714. The van der Waals surface area contributed by atoms with Crippen LogP contribution in [0.3, 0.4) is 0 Å². The summed E-state index contributed by atoms with van der Waals surface area (Å²) in [6.45, 7) is 1.88. The lowest BCUT2D eigenvalue weighted by molar-refractivity contribution is 1.05. The Labute approximate surface area is 109 Å². The van der Waals surface area contributed by atoms with E-state index in [9.17, 15) is 0 Å². The van der Waals surface area contributed by atoms with Crippen molar-refractivity contribution in [3.05, 3.63) is 53.8 Å². The van der Waals surface area contributed by atoms with Crippen LogP contribution < -0.4 is 0 Å². The van der Waals surface area contributed by atoms with Gasteiger partial charge in [0.05, 0.1) is 5.69 Å². The molecule has 0 spiro atoms. The van der Waals surface area contributed by atoms with Crippen LogP contribution in [0.5, 0.6) is 0 Å². The van der Waals surface area contributed by atoms with Crippen LogP contribution in [0, 0.1) is 6.92 Å². The molecule has 0 atom stereocenters. The van der Waals surface area contributed by atoms with Gasteiger partial charge in [0.25, 0.3) is 0 Å². The molecule has 2 aromatic heterocycles. The summed E-state index contributed by atoms with van der Waals surface area (Å²) in [7, 11) is 0. The molecule has 0 amide bonds. The van der Waals surface area contributed by atoms with Crippen molar-refractivity contribution in [2.24, 2.45) is 0 Å². The van der Waals surface area contributed by atoms with E-state index in [4.69, 9.17) is 0 Å². The molecule has 0 fully saturated rings. The zero-order valence-corrected chi connectivity index (χ0v) is 10.7. The van der Waals surface area contributed by atoms with Crippen LogP contribution in [0.15, 0.2) is 48.0 Å². The minimum absolute atomic E-state index is 0.766. The van der Waals surface area contributed by atoms with Crippen molar-refractivity contribution in [3.8, 4) is 22.0 Å². The second-order valence-electron chi connectivity index (χ2n) is 3.89. The van der Waals surface area contributed by atoms with Gasteiger partial charge < -0.3 is 0 Å². The van der Waals surface area contributed by atoms with Gasteiger partial charge >= 0.3 is 0 Å². The monoisotopic (exact) mass is 253 g/mol. The summed E-state index contributed by atoms with van der Waals surface area (Å²) in [6, 6.07) is 12.1. The highest BCUT2D eigenvalue weighted by molar-refractivity contribution is 7.13. The molecule has 2 heterocycles. The van der Waals surface area contributed by atoms with E-state index in [2.05, 4.69) is 27.1 Å². The predicted molar refractivity (Wildman–Crippen MR) is 73.3 cm³/mol. The van der Waals surface area contributed by atoms with Crippen molar-refractivity contribution in [2.45, 2.75) is 6.92 Å². The maximum Gasteiger partial charge on any atom is 0.125 e. The van der Waals surface area contributed by atoms with Gasteiger partial charge in [0, 0.05) is 17.1 Å². The Kier molecular flexibility index (Phi) is 2.86. The molecule has 0 N–H and O–H groups in total. The van der Waals surface area contributed by atoms with Crippen molar-refractivity contribution < 1.29 is 0 Å². The van der Waals surface area contributed by atoms with E-state index in [1.165, 1.54) is 0 Å². The molecule has 3 nitrogen and oxygen atoms in total. The van der Waals surface area contributed by atoms with Crippen molar-refractivity contribution in [1.82, 2.24) is 15.0 Å². The summed E-state index contributed by atoms with van der Waals surface area (Å²) >= 11 is 1.63. The molecule has 18 heavy (non-hydrogen) atoms. The molecule has 3 rings (SSSR count). The largest absolute Gasteiger partial charge is 0.242 e. The fourth-order valence-electron chi connectivity index (χ4n) is 1.70. The molecule has 1 aromatic carbocycles. The highest BCUT2D eigenvalue weighted by atomic mass is 32.1. The third-order valence-corrected chi connectivity index (χ3v) is 3.45. The Balaban J connectivity index is 2.00. The molecule has 88 valence electrons. The number of rotatable bonds is 2. The van der Waals surface area contributed by atoms with Crippen LogP contribution in [0.2, 0.25) is 0 Å². The Bertz CT molecular complexity index is 662. The van der Waals surface area contributed by atoms with E-state index >= 15 is 0 Å². The van der Waals surface area contributed by atoms with Crippen molar-refractivity contribution >= 4 is 11.3 Å². The molecule has 0 unspecified atom stereocenters. The standard InChI is InChI=1S/C14H11N3S/c1-10-15-8-7-12(16-10)13-9-18-14(17-13)11-5-3-2-4-6-11/h2-9H,1H3. The van der Waals surface area contributed by atoms with E-state index in [1.54, 1.807) is 17.5 Å². The van der Waals surface area contributed by atoms with Gasteiger partial charge in [-0.2, -0.15) is 0 Å². The highest BCUT2D eigenvalue weighted by Crippen LogP contribution is 2.27. The van der Waals surface area contributed by atoms with Crippen molar-refractivity contribution in [2.75, 3.05) is 0 Å². The molecule has 3 aromatic rings. The van der Waals surface area contributed by atoms with Gasteiger partial charge in [-0.15, -0.1) is 11.3 Å².